The van der Waals surface area contributed by atoms with Crippen molar-refractivity contribution in [3.8, 4) is 0 Å². The number of carbonyl (C=O) groups excluding carboxylic acids is 3. The number of fused-ring (bicyclic) bond motifs is 1. The van der Waals surface area contributed by atoms with Gasteiger partial charge in [0.1, 0.15) is 11.5 Å². The number of primary amides is 1. The molecule has 11 heteroatoms. The van der Waals surface area contributed by atoms with E-state index in [1.807, 2.05) is 17.0 Å². The minimum atomic E-state index is -0.745. The molecule has 3 amide bonds. The van der Waals surface area contributed by atoms with Crippen molar-refractivity contribution in [2.45, 2.75) is 58.9 Å². The van der Waals surface area contributed by atoms with Crippen LogP contribution in [0, 0.1) is 11.7 Å². The Morgan fingerprint density at radius 3 is 2.57 bits per heavy atom. The Balaban J connectivity index is 0.000000892. The summed E-state index contributed by atoms with van der Waals surface area (Å²) in [5.74, 6) is -0.103. The van der Waals surface area contributed by atoms with Gasteiger partial charge in [-0.1, -0.05) is 19.9 Å². The second-order valence-corrected chi connectivity index (χ2v) is 10.7. The van der Waals surface area contributed by atoms with E-state index < -0.39 is 6.09 Å². The largest absolute Gasteiger partial charge is 0.453 e. The number of anilines is 1. The molecule has 0 radical (unpaired) electrons. The van der Waals surface area contributed by atoms with Crippen molar-refractivity contribution in [3.63, 3.8) is 0 Å². The SMILES string of the molecule is CC(C)Cc1cc(F)cc2cc(Cn3cccc(NC(=O)CCC/C=C/C(=O)N4CCCC4)c3=O)[nH]c12.COC(N)=O. The predicted molar refractivity (Wildman–Crippen MR) is 161 cm³/mol. The molecule has 1 aliphatic heterocycles. The Kier molecular flexibility index (Phi) is 11.9. The number of hydrogen-bond donors (Lipinski definition) is 3. The molecule has 1 aromatic carbocycles. The van der Waals surface area contributed by atoms with Gasteiger partial charge in [-0.2, -0.15) is 0 Å². The van der Waals surface area contributed by atoms with Crippen LogP contribution in [0.1, 0.15) is 57.2 Å². The number of H-pyrrole nitrogens is 1. The summed E-state index contributed by atoms with van der Waals surface area (Å²) in [5, 5.41) is 3.49. The smallest absolute Gasteiger partial charge is 0.404 e. The van der Waals surface area contributed by atoms with Crippen LogP contribution in [0.5, 0.6) is 0 Å². The highest BCUT2D eigenvalue weighted by Gasteiger charge is 2.15. The molecule has 1 aliphatic rings. The van der Waals surface area contributed by atoms with Crippen LogP contribution < -0.4 is 16.6 Å². The van der Waals surface area contributed by atoms with E-state index in [1.54, 1.807) is 30.5 Å². The number of methoxy groups -OCH3 is 1. The minimum Gasteiger partial charge on any atom is -0.453 e. The molecule has 1 fully saturated rings. The number of halogens is 1. The van der Waals surface area contributed by atoms with Gasteiger partial charge < -0.3 is 30.2 Å². The number of nitrogens with zero attached hydrogens (tertiary/aromatic N) is 2. The summed E-state index contributed by atoms with van der Waals surface area (Å²) in [4.78, 5) is 52.0. The molecule has 0 atom stereocenters. The molecule has 0 aliphatic carbocycles. The van der Waals surface area contributed by atoms with Gasteiger partial charge in [0.15, 0.2) is 0 Å². The molecule has 2 aromatic heterocycles. The molecule has 226 valence electrons. The number of pyridine rings is 1. The normalized spacial score (nSPS) is 12.9. The topological polar surface area (TPSA) is 140 Å². The Labute approximate surface area is 244 Å². The van der Waals surface area contributed by atoms with Crippen molar-refractivity contribution in [2.75, 3.05) is 25.5 Å². The van der Waals surface area contributed by atoms with Gasteiger partial charge in [-0.3, -0.25) is 14.4 Å². The third-order valence-electron chi connectivity index (χ3n) is 6.75. The van der Waals surface area contributed by atoms with E-state index in [0.29, 0.717) is 18.8 Å². The first-order chi connectivity index (χ1) is 20.1. The zero-order valence-electron chi connectivity index (χ0n) is 24.5. The van der Waals surface area contributed by atoms with E-state index in [4.69, 9.17) is 0 Å². The van der Waals surface area contributed by atoms with Crippen molar-refractivity contribution in [1.82, 2.24) is 14.5 Å². The van der Waals surface area contributed by atoms with Crippen LogP contribution in [-0.4, -0.2) is 52.6 Å². The van der Waals surface area contributed by atoms with Crippen molar-refractivity contribution in [3.05, 3.63) is 76.1 Å². The Morgan fingerprint density at radius 2 is 1.90 bits per heavy atom. The van der Waals surface area contributed by atoms with Crippen molar-refractivity contribution in [1.29, 1.82) is 0 Å². The second kappa shape index (κ2) is 15.6. The lowest BCUT2D eigenvalue weighted by Gasteiger charge is -2.11. The highest BCUT2D eigenvalue weighted by Crippen LogP contribution is 2.24. The zero-order valence-corrected chi connectivity index (χ0v) is 24.5. The van der Waals surface area contributed by atoms with E-state index in [1.165, 1.54) is 17.7 Å². The molecule has 0 saturated carbocycles. The van der Waals surface area contributed by atoms with E-state index >= 15 is 0 Å². The van der Waals surface area contributed by atoms with Crippen LogP contribution >= 0.6 is 0 Å². The Morgan fingerprint density at radius 1 is 1.19 bits per heavy atom. The predicted octanol–water partition coefficient (Wildman–Crippen LogP) is 4.71. The fourth-order valence-electron chi connectivity index (χ4n) is 4.78. The number of carbonyl (C=O) groups is 3. The van der Waals surface area contributed by atoms with Gasteiger partial charge in [0.05, 0.1) is 13.7 Å². The summed E-state index contributed by atoms with van der Waals surface area (Å²) < 4.78 is 19.5. The molecule has 0 bridgehead atoms. The summed E-state index contributed by atoms with van der Waals surface area (Å²) in [6.45, 7) is 6.09. The summed E-state index contributed by atoms with van der Waals surface area (Å²) in [6, 6.07) is 8.23. The van der Waals surface area contributed by atoms with Gasteiger partial charge in [0.25, 0.3) is 5.56 Å². The first kappa shape index (κ1) is 32.1. The van der Waals surface area contributed by atoms with Crippen LogP contribution in [0.4, 0.5) is 14.9 Å². The van der Waals surface area contributed by atoms with Crippen LogP contribution in [0.25, 0.3) is 10.9 Å². The van der Waals surface area contributed by atoms with Gasteiger partial charge in [-0.05, 0) is 80.0 Å². The molecule has 0 unspecified atom stereocenters. The molecule has 10 nitrogen and oxygen atoms in total. The average Bonchev–Trinajstić information content (AvgIpc) is 3.61. The zero-order chi connectivity index (χ0) is 30.6. The first-order valence-corrected chi connectivity index (χ1v) is 14.2. The number of ether oxygens (including phenoxy) is 1. The monoisotopic (exact) mass is 581 g/mol. The number of unbranched alkanes of at least 4 members (excludes halogenated alkanes) is 1. The second-order valence-electron chi connectivity index (χ2n) is 10.7. The molecular formula is C31H40FN5O5. The molecule has 4 rings (SSSR count). The lowest BCUT2D eigenvalue weighted by atomic mass is 10.0. The number of amides is 3. The van der Waals surface area contributed by atoms with Gasteiger partial charge >= 0.3 is 6.09 Å². The van der Waals surface area contributed by atoms with Crippen LogP contribution in [0.15, 0.2) is 53.5 Å². The summed E-state index contributed by atoms with van der Waals surface area (Å²) in [5.41, 5.74) is 6.93. The van der Waals surface area contributed by atoms with Gasteiger partial charge in [0, 0.05) is 42.3 Å². The molecule has 1 saturated heterocycles. The number of nitrogens with one attached hydrogen (secondary N) is 2. The lowest BCUT2D eigenvalue weighted by molar-refractivity contribution is -0.125. The van der Waals surface area contributed by atoms with E-state index in [2.05, 4.69) is 34.6 Å². The lowest BCUT2D eigenvalue weighted by Crippen LogP contribution is -2.25. The van der Waals surface area contributed by atoms with Gasteiger partial charge in [-0.25, -0.2) is 9.18 Å². The molecule has 3 heterocycles. The molecule has 42 heavy (non-hydrogen) atoms. The fraction of sp³-hybridized carbons (Fsp3) is 0.419. The third kappa shape index (κ3) is 9.60. The van der Waals surface area contributed by atoms with E-state index in [0.717, 1.165) is 54.5 Å². The Hall–Kier alpha value is -4.41. The summed E-state index contributed by atoms with van der Waals surface area (Å²) in [7, 11) is 1.22. The van der Waals surface area contributed by atoms with Crippen molar-refractivity contribution < 1.29 is 23.5 Å². The number of aromatic amines is 1. The fourth-order valence-corrected chi connectivity index (χ4v) is 4.78. The molecule has 4 N–H and O–H groups in total. The van der Waals surface area contributed by atoms with Gasteiger partial charge in [0.2, 0.25) is 11.8 Å². The maximum absolute atomic E-state index is 14.1. The number of aromatic nitrogens is 2. The molecular weight excluding hydrogens is 541 g/mol. The molecule has 0 spiro atoms. The maximum Gasteiger partial charge on any atom is 0.404 e. The quantitative estimate of drug-likeness (QED) is 0.235. The maximum atomic E-state index is 14.1. The highest BCUT2D eigenvalue weighted by molar-refractivity contribution is 5.90. The summed E-state index contributed by atoms with van der Waals surface area (Å²) >= 11 is 0. The average molecular weight is 582 g/mol. The van der Waals surface area contributed by atoms with E-state index in [-0.39, 0.29) is 41.8 Å². The highest BCUT2D eigenvalue weighted by atomic mass is 19.1. The number of likely N-dealkylation sites (tertiary alicyclic amines) is 1. The van der Waals surface area contributed by atoms with Crippen LogP contribution in [-0.2, 0) is 27.3 Å². The number of benzene rings is 1. The number of nitrogens with two attached hydrogens (primary N) is 1. The number of hydrogen-bond acceptors (Lipinski definition) is 5. The number of allylic oxidation sites excluding steroid dienone is 1. The number of rotatable bonds is 10. The van der Waals surface area contributed by atoms with Gasteiger partial charge in [-0.15, -0.1) is 0 Å². The third-order valence-corrected chi connectivity index (χ3v) is 6.75. The van der Waals surface area contributed by atoms with Crippen molar-refractivity contribution in [2.24, 2.45) is 11.7 Å². The first-order valence-electron chi connectivity index (χ1n) is 14.2. The van der Waals surface area contributed by atoms with Crippen LogP contribution in [0.2, 0.25) is 0 Å². The van der Waals surface area contributed by atoms with Crippen LogP contribution in [0.3, 0.4) is 0 Å². The van der Waals surface area contributed by atoms with Crippen molar-refractivity contribution >= 4 is 34.5 Å². The van der Waals surface area contributed by atoms with E-state index in [9.17, 15) is 23.6 Å². The Bertz CT molecular complexity index is 1470. The standard InChI is InChI=1S/C29H35FN4O3.C2H5NO2/c1-20(2)15-21-16-23(30)17-22-18-24(31-28(21)22)19-34-14-8-9-25(29(34)37)32-26(35)10-4-3-5-11-27(36)33-12-6-7-13-33;1-5-2(3)4/h5,8-9,11,14,16-18,20,31H,3-4,6-7,10,12-13,15,19H2,1-2H3,(H,32,35);1H3,(H2,3,4)/b11-5+;. The molecule has 3 aromatic rings. The minimum absolute atomic E-state index is 0.0306. The summed E-state index contributed by atoms with van der Waals surface area (Å²) in [6.07, 6.45) is 8.64.